The molecule has 2 fully saturated rings. The van der Waals surface area contributed by atoms with Gasteiger partial charge in [0.2, 0.25) is 15.9 Å². The fourth-order valence-corrected chi connectivity index (χ4v) is 4.99. The van der Waals surface area contributed by atoms with Gasteiger partial charge >= 0.3 is 0 Å². The number of sulfonamides is 1. The quantitative estimate of drug-likeness (QED) is 0.827. The molecular weight excluding hydrogens is 365 g/mol. The number of carbonyl (C=O) groups is 1. The van der Waals surface area contributed by atoms with Crippen molar-refractivity contribution in [3.63, 3.8) is 0 Å². The van der Waals surface area contributed by atoms with Crippen molar-refractivity contribution >= 4 is 51.5 Å². The van der Waals surface area contributed by atoms with Gasteiger partial charge in [-0.05, 0) is 24.6 Å². The van der Waals surface area contributed by atoms with Gasteiger partial charge in [0.15, 0.2) is 0 Å². The molecule has 1 unspecified atom stereocenters. The van der Waals surface area contributed by atoms with E-state index >= 15 is 0 Å². The van der Waals surface area contributed by atoms with Gasteiger partial charge in [0.05, 0.1) is 17.5 Å². The number of carbonyl (C=O) groups excluding carboxylic acids is 1. The standard InChI is InChI=1S/C13H16FN3O3S2.ClH/c14-10-3-2-9(16-13(18)11-7-21-8-15-11)6-12(10)17-4-1-5-22(17,19)20;/h2-3,6,11,15H,1,4-5,7-8H2,(H,16,18);1H. The Kier molecular flexibility index (Phi) is 5.77. The molecule has 2 aliphatic heterocycles. The van der Waals surface area contributed by atoms with E-state index in [9.17, 15) is 17.6 Å². The summed E-state index contributed by atoms with van der Waals surface area (Å²) >= 11 is 1.63. The van der Waals surface area contributed by atoms with Crippen molar-refractivity contribution < 1.29 is 17.6 Å². The summed E-state index contributed by atoms with van der Waals surface area (Å²) in [4.78, 5) is 12.0. The summed E-state index contributed by atoms with van der Waals surface area (Å²) in [6.07, 6.45) is 0.474. The molecule has 0 radical (unpaired) electrons. The summed E-state index contributed by atoms with van der Waals surface area (Å²) in [5.41, 5.74) is 0.381. The highest BCUT2D eigenvalue weighted by atomic mass is 35.5. The van der Waals surface area contributed by atoms with Crippen molar-refractivity contribution in [2.45, 2.75) is 12.5 Å². The first-order valence-electron chi connectivity index (χ1n) is 6.89. The van der Waals surface area contributed by atoms with Crippen molar-refractivity contribution in [2.75, 3.05) is 33.5 Å². The molecule has 128 valence electrons. The van der Waals surface area contributed by atoms with Gasteiger partial charge < -0.3 is 5.32 Å². The molecule has 2 heterocycles. The molecule has 2 saturated heterocycles. The van der Waals surface area contributed by atoms with Crippen LogP contribution < -0.4 is 14.9 Å². The highest BCUT2D eigenvalue weighted by Crippen LogP contribution is 2.29. The molecule has 0 aromatic heterocycles. The highest BCUT2D eigenvalue weighted by Gasteiger charge is 2.31. The summed E-state index contributed by atoms with van der Waals surface area (Å²) in [6.45, 7) is 0.261. The molecule has 1 atom stereocenters. The van der Waals surface area contributed by atoms with Crippen LogP contribution >= 0.6 is 24.2 Å². The molecule has 0 aliphatic carbocycles. The number of nitrogens with one attached hydrogen (secondary N) is 2. The van der Waals surface area contributed by atoms with Crippen molar-refractivity contribution in [2.24, 2.45) is 0 Å². The Labute approximate surface area is 144 Å². The normalized spacial score (nSPS) is 22.7. The van der Waals surface area contributed by atoms with E-state index in [1.165, 1.54) is 18.2 Å². The van der Waals surface area contributed by atoms with Crippen molar-refractivity contribution in [3.05, 3.63) is 24.0 Å². The van der Waals surface area contributed by atoms with E-state index in [0.29, 0.717) is 17.9 Å². The van der Waals surface area contributed by atoms with E-state index in [1.807, 2.05) is 0 Å². The van der Waals surface area contributed by atoms with Crippen LogP contribution in [0.25, 0.3) is 0 Å². The van der Waals surface area contributed by atoms with Crippen LogP contribution in [0, 0.1) is 5.82 Å². The van der Waals surface area contributed by atoms with Gasteiger partial charge in [0.1, 0.15) is 5.82 Å². The molecule has 0 saturated carbocycles. The van der Waals surface area contributed by atoms with Gasteiger partial charge in [0.25, 0.3) is 0 Å². The monoisotopic (exact) mass is 381 g/mol. The minimum Gasteiger partial charge on any atom is -0.325 e. The Morgan fingerprint density at radius 2 is 2.22 bits per heavy atom. The second-order valence-corrected chi connectivity index (χ2v) is 8.21. The maximum atomic E-state index is 14.0. The van der Waals surface area contributed by atoms with Crippen LogP contribution in [0.1, 0.15) is 6.42 Å². The molecule has 2 aliphatic rings. The van der Waals surface area contributed by atoms with Gasteiger partial charge in [0, 0.05) is 23.9 Å². The summed E-state index contributed by atoms with van der Waals surface area (Å²) in [7, 11) is -3.46. The van der Waals surface area contributed by atoms with Crippen LogP contribution in [0.3, 0.4) is 0 Å². The van der Waals surface area contributed by atoms with E-state index in [1.54, 1.807) is 11.8 Å². The van der Waals surface area contributed by atoms with Crippen molar-refractivity contribution in [3.8, 4) is 0 Å². The van der Waals surface area contributed by atoms with Crippen LogP contribution in [0.4, 0.5) is 15.8 Å². The number of rotatable bonds is 3. The lowest BCUT2D eigenvalue weighted by molar-refractivity contribution is -0.117. The average molecular weight is 382 g/mol. The zero-order chi connectivity index (χ0) is 15.7. The Morgan fingerprint density at radius 3 is 2.83 bits per heavy atom. The predicted molar refractivity (Wildman–Crippen MR) is 92.3 cm³/mol. The average Bonchev–Trinajstić information content (AvgIpc) is 3.10. The Balaban J connectivity index is 0.00000192. The van der Waals surface area contributed by atoms with E-state index in [0.717, 1.165) is 10.2 Å². The first-order valence-corrected chi connectivity index (χ1v) is 9.66. The summed E-state index contributed by atoms with van der Waals surface area (Å²) in [6, 6.07) is 3.70. The van der Waals surface area contributed by atoms with E-state index in [2.05, 4.69) is 10.6 Å². The third kappa shape index (κ3) is 3.90. The second-order valence-electron chi connectivity index (χ2n) is 5.17. The SMILES string of the molecule is Cl.O=C(Nc1ccc(F)c(N2CCCS2(=O)=O)c1)C1CSCN1. The number of anilines is 2. The molecular formula is C13H17ClFN3O3S2. The minimum absolute atomic E-state index is 0. The number of hydrogen-bond donors (Lipinski definition) is 2. The van der Waals surface area contributed by atoms with Crippen LogP contribution in [0.5, 0.6) is 0 Å². The molecule has 0 spiro atoms. The maximum absolute atomic E-state index is 14.0. The van der Waals surface area contributed by atoms with Crippen LogP contribution in [-0.2, 0) is 14.8 Å². The van der Waals surface area contributed by atoms with Gasteiger partial charge in [-0.3, -0.25) is 14.4 Å². The van der Waals surface area contributed by atoms with Crippen molar-refractivity contribution in [1.29, 1.82) is 0 Å². The fourth-order valence-electron chi connectivity index (χ4n) is 2.48. The summed E-state index contributed by atoms with van der Waals surface area (Å²) < 4.78 is 38.9. The second kappa shape index (κ2) is 7.25. The predicted octanol–water partition coefficient (Wildman–Crippen LogP) is 1.39. The van der Waals surface area contributed by atoms with Crippen molar-refractivity contribution in [1.82, 2.24) is 5.32 Å². The first kappa shape index (κ1) is 18.3. The fraction of sp³-hybridized carbons (Fsp3) is 0.462. The largest absolute Gasteiger partial charge is 0.325 e. The molecule has 3 rings (SSSR count). The molecule has 1 aromatic rings. The molecule has 6 nitrogen and oxygen atoms in total. The van der Waals surface area contributed by atoms with Crippen LogP contribution in [0.2, 0.25) is 0 Å². The van der Waals surface area contributed by atoms with Crippen LogP contribution in [0.15, 0.2) is 18.2 Å². The molecule has 2 N–H and O–H groups in total. The van der Waals surface area contributed by atoms with E-state index < -0.39 is 15.8 Å². The van der Waals surface area contributed by atoms with Crippen LogP contribution in [-0.4, -0.2) is 44.3 Å². The summed E-state index contributed by atoms with van der Waals surface area (Å²) in [5.74, 6) is 0.607. The number of hydrogen-bond acceptors (Lipinski definition) is 5. The Bertz CT molecular complexity index is 696. The van der Waals surface area contributed by atoms with E-state index in [-0.39, 0.29) is 42.3 Å². The molecule has 1 aromatic carbocycles. The zero-order valence-electron chi connectivity index (χ0n) is 12.1. The molecule has 23 heavy (non-hydrogen) atoms. The van der Waals surface area contributed by atoms with Gasteiger partial charge in [-0.1, -0.05) is 0 Å². The van der Waals surface area contributed by atoms with Gasteiger partial charge in [-0.2, -0.15) is 0 Å². The summed E-state index contributed by atoms with van der Waals surface area (Å²) in [5, 5.41) is 5.74. The number of thioether (sulfide) groups is 1. The molecule has 0 bridgehead atoms. The van der Waals surface area contributed by atoms with Gasteiger partial charge in [-0.25, -0.2) is 12.8 Å². The molecule has 1 amide bonds. The topological polar surface area (TPSA) is 78.5 Å². The Hall–Kier alpha value is -1.03. The van der Waals surface area contributed by atoms with E-state index in [4.69, 9.17) is 0 Å². The lowest BCUT2D eigenvalue weighted by Gasteiger charge is -2.19. The lowest BCUT2D eigenvalue weighted by atomic mass is 10.2. The number of nitrogens with zero attached hydrogens (tertiary/aromatic N) is 1. The highest BCUT2D eigenvalue weighted by molar-refractivity contribution is 7.99. The number of halogens is 2. The van der Waals surface area contributed by atoms with Gasteiger partial charge in [-0.15, -0.1) is 24.2 Å². The minimum atomic E-state index is -3.46. The smallest absolute Gasteiger partial charge is 0.242 e. The Morgan fingerprint density at radius 1 is 1.43 bits per heavy atom. The number of amides is 1. The third-order valence-corrected chi connectivity index (χ3v) is 6.41. The zero-order valence-corrected chi connectivity index (χ0v) is 14.6. The maximum Gasteiger partial charge on any atom is 0.242 e. The molecule has 10 heteroatoms. The first-order chi connectivity index (χ1) is 10.5. The third-order valence-electron chi connectivity index (χ3n) is 3.61. The lowest BCUT2D eigenvalue weighted by Crippen LogP contribution is -2.37. The number of benzene rings is 1.